The molecule has 0 aromatic carbocycles. The van der Waals surface area contributed by atoms with Crippen molar-refractivity contribution >= 4 is 6.09 Å². The first kappa shape index (κ1) is 11.3. The molecule has 1 fully saturated rings. The van der Waals surface area contributed by atoms with Gasteiger partial charge in [0, 0.05) is 19.1 Å². The zero-order chi connectivity index (χ0) is 10.6. The maximum Gasteiger partial charge on any atom is 0.409 e. The van der Waals surface area contributed by atoms with Crippen molar-refractivity contribution < 1.29 is 9.53 Å². The van der Waals surface area contributed by atoms with Gasteiger partial charge in [-0.3, -0.25) is 4.90 Å². The van der Waals surface area contributed by atoms with E-state index in [1.807, 2.05) is 0 Å². The molecular formula is C10H20N2O2. The molecule has 0 saturated carbocycles. The summed E-state index contributed by atoms with van der Waals surface area (Å²) in [5.41, 5.74) is 0. The smallest absolute Gasteiger partial charge is 0.409 e. The number of ether oxygens (including phenoxy) is 1. The van der Waals surface area contributed by atoms with Gasteiger partial charge < -0.3 is 9.64 Å². The van der Waals surface area contributed by atoms with Crippen LogP contribution in [-0.4, -0.2) is 55.2 Å². The highest BCUT2D eigenvalue weighted by molar-refractivity contribution is 5.67. The average molecular weight is 200 g/mol. The second-order valence-electron chi connectivity index (χ2n) is 3.58. The van der Waals surface area contributed by atoms with Crippen molar-refractivity contribution in [3.8, 4) is 0 Å². The zero-order valence-electron chi connectivity index (χ0n) is 9.32. The van der Waals surface area contributed by atoms with Gasteiger partial charge in [0.15, 0.2) is 0 Å². The summed E-state index contributed by atoms with van der Waals surface area (Å²) in [4.78, 5) is 15.4. The third kappa shape index (κ3) is 2.38. The van der Waals surface area contributed by atoms with Crippen LogP contribution in [0.4, 0.5) is 4.79 Å². The Morgan fingerprint density at radius 3 is 2.64 bits per heavy atom. The molecule has 4 heteroatoms. The molecule has 0 radical (unpaired) electrons. The molecule has 1 aliphatic rings. The van der Waals surface area contributed by atoms with E-state index in [-0.39, 0.29) is 6.09 Å². The van der Waals surface area contributed by atoms with E-state index in [0.717, 1.165) is 32.6 Å². The molecular weight excluding hydrogens is 180 g/mol. The number of carbonyl (C=O) groups is 1. The molecule has 1 atom stereocenters. The van der Waals surface area contributed by atoms with Crippen molar-refractivity contribution in [1.29, 1.82) is 0 Å². The quantitative estimate of drug-likeness (QED) is 0.685. The predicted octanol–water partition coefficient (Wildman–Crippen LogP) is 1.17. The van der Waals surface area contributed by atoms with Crippen LogP contribution in [0.15, 0.2) is 0 Å². The van der Waals surface area contributed by atoms with Crippen LogP contribution in [-0.2, 0) is 4.74 Å². The van der Waals surface area contributed by atoms with Gasteiger partial charge >= 0.3 is 6.09 Å². The molecule has 1 heterocycles. The Balaban J connectivity index is 2.43. The number of carbonyl (C=O) groups excluding carboxylic acids is 1. The number of likely N-dealkylation sites (N-methyl/N-ethyl adjacent to an activating group) is 1. The molecule has 0 aromatic rings. The van der Waals surface area contributed by atoms with Crippen molar-refractivity contribution in [2.75, 3.05) is 33.3 Å². The highest BCUT2D eigenvalue weighted by Gasteiger charge is 2.29. The summed E-state index contributed by atoms with van der Waals surface area (Å²) < 4.78 is 4.70. The molecule has 1 saturated heterocycles. The Hall–Kier alpha value is -0.770. The van der Waals surface area contributed by atoms with Gasteiger partial charge in [0.1, 0.15) is 0 Å². The van der Waals surface area contributed by atoms with E-state index in [1.54, 1.807) is 4.90 Å². The van der Waals surface area contributed by atoms with E-state index in [9.17, 15) is 4.79 Å². The Morgan fingerprint density at radius 1 is 1.50 bits per heavy atom. The lowest BCUT2D eigenvalue weighted by Crippen LogP contribution is -2.38. The monoisotopic (exact) mass is 200 g/mol. The van der Waals surface area contributed by atoms with Crippen LogP contribution in [0.1, 0.15) is 20.3 Å². The Kier molecular flexibility index (Phi) is 4.20. The lowest BCUT2D eigenvalue weighted by Gasteiger charge is -2.25. The average Bonchev–Trinajstić information content (AvgIpc) is 2.68. The minimum absolute atomic E-state index is 0.195. The van der Waals surface area contributed by atoms with Crippen LogP contribution in [0, 0.1) is 0 Å². The summed E-state index contributed by atoms with van der Waals surface area (Å²) >= 11 is 0. The summed E-state index contributed by atoms with van der Waals surface area (Å²) in [5, 5.41) is 0. The number of nitrogens with zero attached hydrogens (tertiary/aromatic N) is 2. The molecule has 0 N–H and O–H groups in total. The minimum atomic E-state index is -0.195. The molecule has 14 heavy (non-hydrogen) atoms. The number of rotatable bonds is 3. The predicted molar refractivity (Wildman–Crippen MR) is 55.3 cm³/mol. The van der Waals surface area contributed by atoms with E-state index < -0.39 is 0 Å². The normalized spacial score (nSPS) is 21.7. The van der Waals surface area contributed by atoms with E-state index >= 15 is 0 Å². The van der Waals surface area contributed by atoms with Gasteiger partial charge in [0.05, 0.1) is 7.11 Å². The van der Waals surface area contributed by atoms with Crippen LogP contribution in [0.5, 0.6) is 0 Å². The number of likely N-dealkylation sites (tertiary alicyclic amines) is 1. The fourth-order valence-corrected chi connectivity index (χ4v) is 2.07. The third-order valence-corrected chi connectivity index (χ3v) is 2.92. The van der Waals surface area contributed by atoms with Crippen LogP contribution in [0.25, 0.3) is 0 Å². The second kappa shape index (κ2) is 5.20. The largest absolute Gasteiger partial charge is 0.453 e. The molecule has 1 unspecified atom stereocenters. The molecule has 0 bridgehead atoms. The SMILES string of the molecule is CCN(CC)C1CCN(C(=O)OC)C1. The number of hydrogen-bond donors (Lipinski definition) is 0. The first-order valence-electron chi connectivity index (χ1n) is 5.29. The first-order valence-corrected chi connectivity index (χ1v) is 5.29. The van der Waals surface area contributed by atoms with Crippen LogP contribution in [0.3, 0.4) is 0 Å². The minimum Gasteiger partial charge on any atom is -0.453 e. The topological polar surface area (TPSA) is 32.8 Å². The van der Waals surface area contributed by atoms with Gasteiger partial charge in [-0.2, -0.15) is 0 Å². The van der Waals surface area contributed by atoms with Gasteiger partial charge in [-0.25, -0.2) is 4.79 Å². The van der Waals surface area contributed by atoms with Gasteiger partial charge in [-0.15, -0.1) is 0 Å². The molecule has 0 aromatic heterocycles. The molecule has 1 rings (SSSR count). The number of methoxy groups -OCH3 is 1. The molecule has 4 nitrogen and oxygen atoms in total. The second-order valence-corrected chi connectivity index (χ2v) is 3.58. The lowest BCUT2D eigenvalue weighted by atomic mass is 10.2. The Morgan fingerprint density at radius 2 is 2.14 bits per heavy atom. The summed E-state index contributed by atoms with van der Waals surface area (Å²) in [5.74, 6) is 0. The molecule has 82 valence electrons. The van der Waals surface area contributed by atoms with Gasteiger partial charge in [-0.1, -0.05) is 13.8 Å². The highest BCUT2D eigenvalue weighted by Crippen LogP contribution is 2.15. The molecule has 0 spiro atoms. The van der Waals surface area contributed by atoms with Gasteiger partial charge in [0.2, 0.25) is 0 Å². The maximum atomic E-state index is 11.2. The number of hydrogen-bond acceptors (Lipinski definition) is 3. The molecule has 1 aliphatic heterocycles. The molecule has 0 aliphatic carbocycles. The maximum absolute atomic E-state index is 11.2. The summed E-state index contributed by atoms with van der Waals surface area (Å²) in [6, 6.07) is 0.518. The number of amides is 1. The van der Waals surface area contributed by atoms with Crippen LogP contribution < -0.4 is 0 Å². The first-order chi connectivity index (χ1) is 6.72. The van der Waals surface area contributed by atoms with E-state index in [2.05, 4.69) is 18.7 Å². The van der Waals surface area contributed by atoms with Gasteiger partial charge in [-0.05, 0) is 19.5 Å². The summed E-state index contributed by atoms with van der Waals surface area (Å²) in [7, 11) is 1.44. The fourth-order valence-electron chi connectivity index (χ4n) is 2.07. The van der Waals surface area contributed by atoms with Crippen LogP contribution in [0.2, 0.25) is 0 Å². The van der Waals surface area contributed by atoms with E-state index in [0.29, 0.717) is 6.04 Å². The van der Waals surface area contributed by atoms with Crippen molar-refractivity contribution in [1.82, 2.24) is 9.80 Å². The van der Waals surface area contributed by atoms with Crippen molar-refractivity contribution in [3.63, 3.8) is 0 Å². The Labute approximate surface area is 85.8 Å². The highest BCUT2D eigenvalue weighted by atomic mass is 16.5. The van der Waals surface area contributed by atoms with E-state index in [4.69, 9.17) is 4.74 Å². The third-order valence-electron chi connectivity index (χ3n) is 2.92. The Bertz CT molecular complexity index is 193. The van der Waals surface area contributed by atoms with Gasteiger partial charge in [0.25, 0.3) is 0 Å². The van der Waals surface area contributed by atoms with Crippen molar-refractivity contribution in [2.24, 2.45) is 0 Å². The zero-order valence-corrected chi connectivity index (χ0v) is 9.32. The van der Waals surface area contributed by atoms with Crippen molar-refractivity contribution in [3.05, 3.63) is 0 Å². The summed E-state index contributed by atoms with van der Waals surface area (Å²) in [6.07, 6.45) is 0.871. The lowest BCUT2D eigenvalue weighted by molar-refractivity contribution is 0.127. The summed E-state index contributed by atoms with van der Waals surface area (Å²) in [6.45, 7) is 8.06. The molecule has 1 amide bonds. The van der Waals surface area contributed by atoms with E-state index in [1.165, 1.54) is 7.11 Å². The fraction of sp³-hybridized carbons (Fsp3) is 0.900. The van der Waals surface area contributed by atoms with Crippen molar-refractivity contribution in [2.45, 2.75) is 26.3 Å². The standard InChI is InChI=1S/C10H20N2O2/c1-4-11(5-2)9-6-7-12(8-9)10(13)14-3/h9H,4-8H2,1-3H3. The van der Waals surface area contributed by atoms with Crippen LogP contribution >= 0.6 is 0 Å².